The SMILES string of the molecule is Cc1cc(F)ccc1OC1CCOC2(CCOCC2)C1. The zero-order valence-electron chi connectivity index (χ0n) is 11.9. The molecular formula is C16H21FO3. The molecule has 2 aliphatic rings. The Balaban J connectivity index is 1.68. The van der Waals surface area contributed by atoms with Crippen LogP contribution in [-0.2, 0) is 9.47 Å². The summed E-state index contributed by atoms with van der Waals surface area (Å²) < 4.78 is 30.6. The molecule has 0 aliphatic carbocycles. The van der Waals surface area contributed by atoms with Crippen molar-refractivity contribution in [3.63, 3.8) is 0 Å². The number of benzene rings is 1. The summed E-state index contributed by atoms with van der Waals surface area (Å²) in [5, 5.41) is 0. The van der Waals surface area contributed by atoms with Crippen molar-refractivity contribution < 1.29 is 18.6 Å². The van der Waals surface area contributed by atoms with Gasteiger partial charge in [-0.2, -0.15) is 0 Å². The number of hydrogen-bond acceptors (Lipinski definition) is 3. The van der Waals surface area contributed by atoms with Crippen molar-refractivity contribution in [2.24, 2.45) is 0 Å². The van der Waals surface area contributed by atoms with Gasteiger partial charge in [-0.15, -0.1) is 0 Å². The second-order valence-corrected chi connectivity index (χ2v) is 5.79. The predicted molar refractivity (Wildman–Crippen MR) is 73.5 cm³/mol. The van der Waals surface area contributed by atoms with Crippen LogP contribution in [0.25, 0.3) is 0 Å². The van der Waals surface area contributed by atoms with E-state index in [0.717, 1.165) is 56.8 Å². The highest BCUT2D eigenvalue weighted by molar-refractivity contribution is 5.32. The molecule has 3 nitrogen and oxygen atoms in total. The summed E-state index contributed by atoms with van der Waals surface area (Å²) in [4.78, 5) is 0. The van der Waals surface area contributed by atoms with Gasteiger partial charge in [-0.25, -0.2) is 4.39 Å². The number of halogens is 1. The maximum atomic E-state index is 13.1. The van der Waals surface area contributed by atoms with E-state index in [1.165, 1.54) is 12.1 Å². The molecule has 2 heterocycles. The summed E-state index contributed by atoms with van der Waals surface area (Å²) in [5.41, 5.74) is 0.771. The maximum absolute atomic E-state index is 13.1. The zero-order chi connectivity index (χ0) is 14.0. The van der Waals surface area contributed by atoms with Gasteiger partial charge < -0.3 is 14.2 Å². The quantitative estimate of drug-likeness (QED) is 0.832. The van der Waals surface area contributed by atoms with Gasteiger partial charge in [0.15, 0.2) is 0 Å². The summed E-state index contributed by atoms with van der Waals surface area (Å²) in [7, 11) is 0. The first-order valence-corrected chi connectivity index (χ1v) is 7.31. The fourth-order valence-corrected chi connectivity index (χ4v) is 3.10. The fraction of sp³-hybridized carbons (Fsp3) is 0.625. The van der Waals surface area contributed by atoms with E-state index in [-0.39, 0.29) is 17.5 Å². The molecule has 0 N–H and O–H groups in total. The second kappa shape index (κ2) is 5.70. The molecule has 4 heteroatoms. The van der Waals surface area contributed by atoms with E-state index in [1.54, 1.807) is 6.07 Å². The first-order chi connectivity index (χ1) is 9.67. The van der Waals surface area contributed by atoms with Crippen molar-refractivity contribution in [3.8, 4) is 5.75 Å². The Hall–Kier alpha value is -1.13. The van der Waals surface area contributed by atoms with E-state index in [9.17, 15) is 4.39 Å². The highest BCUT2D eigenvalue weighted by Crippen LogP contribution is 2.36. The van der Waals surface area contributed by atoms with E-state index in [2.05, 4.69) is 0 Å². The second-order valence-electron chi connectivity index (χ2n) is 5.79. The van der Waals surface area contributed by atoms with Gasteiger partial charge in [0.1, 0.15) is 17.7 Å². The average Bonchev–Trinajstić information content (AvgIpc) is 2.43. The largest absolute Gasteiger partial charge is 0.490 e. The van der Waals surface area contributed by atoms with Crippen LogP contribution in [0.15, 0.2) is 18.2 Å². The Morgan fingerprint density at radius 2 is 2.05 bits per heavy atom. The van der Waals surface area contributed by atoms with Crippen molar-refractivity contribution in [1.29, 1.82) is 0 Å². The lowest BCUT2D eigenvalue weighted by molar-refractivity contribution is -0.155. The minimum absolute atomic E-state index is 0.0743. The molecule has 1 aromatic rings. The third kappa shape index (κ3) is 2.96. The van der Waals surface area contributed by atoms with Crippen LogP contribution in [0.4, 0.5) is 4.39 Å². The van der Waals surface area contributed by atoms with Crippen molar-refractivity contribution in [3.05, 3.63) is 29.6 Å². The van der Waals surface area contributed by atoms with E-state index in [4.69, 9.17) is 14.2 Å². The van der Waals surface area contributed by atoms with E-state index in [1.807, 2.05) is 6.92 Å². The van der Waals surface area contributed by atoms with Crippen molar-refractivity contribution in [2.45, 2.75) is 44.3 Å². The normalized spacial score (nSPS) is 25.6. The third-order valence-corrected chi connectivity index (χ3v) is 4.28. The van der Waals surface area contributed by atoms with Gasteiger partial charge in [0.25, 0.3) is 0 Å². The van der Waals surface area contributed by atoms with Crippen LogP contribution in [0.2, 0.25) is 0 Å². The number of hydrogen-bond donors (Lipinski definition) is 0. The molecule has 1 unspecified atom stereocenters. The first kappa shape index (κ1) is 13.8. The van der Waals surface area contributed by atoms with Crippen LogP contribution >= 0.6 is 0 Å². The van der Waals surface area contributed by atoms with Crippen molar-refractivity contribution >= 4 is 0 Å². The van der Waals surface area contributed by atoms with Gasteiger partial charge in [0.2, 0.25) is 0 Å². The molecule has 2 fully saturated rings. The standard InChI is InChI=1S/C16H21FO3/c1-12-10-13(17)2-3-15(12)20-14-4-7-19-16(11-14)5-8-18-9-6-16/h2-3,10,14H,4-9,11H2,1H3. The van der Waals surface area contributed by atoms with Crippen LogP contribution in [0.3, 0.4) is 0 Å². The van der Waals surface area contributed by atoms with Crippen molar-refractivity contribution in [1.82, 2.24) is 0 Å². The Morgan fingerprint density at radius 3 is 2.80 bits per heavy atom. The Labute approximate surface area is 119 Å². The monoisotopic (exact) mass is 280 g/mol. The summed E-state index contributed by atoms with van der Waals surface area (Å²) >= 11 is 0. The van der Waals surface area contributed by atoms with Crippen LogP contribution in [0, 0.1) is 12.7 Å². The Bertz CT molecular complexity index is 463. The van der Waals surface area contributed by atoms with Crippen LogP contribution < -0.4 is 4.74 Å². The maximum Gasteiger partial charge on any atom is 0.123 e. The molecule has 0 radical (unpaired) electrons. The third-order valence-electron chi connectivity index (χ3n) is 4.28. The van der Waals surface area contributed by atoms with Gasteiger partial charge in [0.05, 0.1) is 12.2 Å². The minimum atomic E-state index is -0.220. The highest BCUT2D eigenvalue weighted by Gasteiger charge is 2.39. The first-order valence-electron chi connectivity index (χ1n) is 7.31. The molecule has 20 heavy (non-hydrogen) atoms. The van der Waals surface area contributed by atoms with Crippen molar-refractivity contribution in [2.75, 3.05) is 19.8 Å². The van der Waals surface area contributed by atoms with Crippen LogP contribution in [0.5, 0.6) is 5.75 Å². The molecule has 1 aromatic carbocycles. The molecule has 0 aromatic heterocycles. The summed E-state index contributed by atoms with van der Waals surface area (Å²) in [6.45, 7) is 4.14. The van der Waals surface area contributed by atoms with Gasteiger partial charge in [0, 0.05) is 26.1 Å². The predicted octanol–water partition coefficient (Wildman–Crippen LogP) is 3.24. The number of aryl methyl sites for hydroxylation is 1. The molecule has 3 rings (SSSR count). The molecule has 0 saturated carbocycles. The Kier molecular flexibility index (Phi) is 3.94. The average molecular weight is 280 g/mol. The molecule has 110 valence electrons. The summed E-state index contributed by atoms with van der Waals surface area (Å²) in [6.07, 6.45) is 3.81. The van der Waals surface area contributed by atoms with E-state index < -0.39 is 0 Å². The lowest BCUT2D eigenvalue weighted by Crippen LogP contribution is -2.47. The Morgan fingerprint density at radius 1 is 1.25 bits per heavy atom. The number of rotatable bonds is 2. The lowest BCUT2D eigenvalue weighted by Gasteiger charge is -2.43. The fourth-order valence-electron chi connectivity index (χ4n) is 3.10. The zero-order valence-corrected chi connectivity index (χ0v) is 11.9. The van der Waals surface area contributed by atoms with Crippen LogP contribution in [0.1, 0.15) is 31.2 Å². The molecule has 1 spiro atoms. The molecule has 1 atom stereocenters. The number of ether oxygens (including phenoxy) is 3. The topological polar surface area (TPSA) is 27.7 Å². The highest BCUT2D eigenvalue weighted by atomic mass is 19.1. The van der Waals surface area contributed by atoms with Gasteiger partial charge in [-0.05, 0) is 43.5 Å². The molecule has 2 saturated heterocycles. The molecule has 0 bridgehead atoms. The van der Waals surface area contributed by atoms with E-state index >= 15 is 0 Å². The van der Waals surface area contributed by atoms with Gasteiger partial charge in [-0.1, -0.05) is 0 Å². The smallest absolute Gasteiger partial charge is 0.123 e. The molecule has 2 aliphatic heterocycles. The van der Waals surface area contributed by atoms with Gasteiger partial charge >= 0.3 is 0 Å². The van der Waals surface area contributed by atoms with Gasteiger partial charge in [-0.3, -0.25) is 0 Å². The molecular weight excluding hydrogens is 259 g/mol. The summed E-state index contributed by atoms with van der Waals surface area (Å²) in [5.74, 6) is 0.559. The summed E-state index contributed by atoms with van der Waals surface area (Å²) in [6, 6.07) is 4.68. The molecule has 0 amide bonds. The lowest BCUT2D eigenvalue weighted by atomic mass is 9.85. The van der Waals surface area contributed by atoms with Crippen LogP contribution in [-0.4, -0.2) is 31.5 Å². The van der Waals surface area contributed by atoms with E-state index in [0.29, 0.717) is 0 Å². The minimum Gasteiger partial charge on any atom is -0.490 e.